The second kappa shape index (κ2) is 13.2. The SMILES string of the molecule is CCCCCC#CC(CCc1ccccc1)O/C=C/C(=O)OCC. The van der Waals surface area contributed by atoms with Crippen molar-refractivity contribution in [2.24, 2.45) is 0 Å². The Morgan fingerprint density at radius 3 is 2.71 bits per heavy atom. The summed E-state index contributed by atoms with van der Waals surface area (Å²) in [7, 11) is 0. The van der Waals surface area contributed by atoms with E-state index >= 15 is 0 Å². The van der Waals surface area contributed by atoms with Gasteiger partial charge in [-0.3, -0.25) is 0 Å². The molecule has 0 aliphatic carbocycles. The van der Waals surface area contributed by atoms with Gasteiger partial charge in [0.2, 0.25) is 0 Å². The molecule has 0 amide bonds. The summed E-state index contributed by atoms with van der Waals surface area (Å²) in [6, 6.07) is 10.3. The molecule has 0 heterocycles. The van der Waals surface area contributed by atoms with Crippen molar-refractivity contribution in [1.29, 1.82) is 0 Å². The quantitative estimate of drug-likeness (QED) is 0.206. The molecular formula is C21H28O3. The Labute approximate surface area is 146 Å². The third kappa shape index (κ3) is 9.74. The maximum absolute atomic E-state index is 11.3. The average molecular weight is 328 g/mol. The molecule has 1 aromatic rings. The predicted molar refractivity (Wildman–Crippen MR) is 97.3 cm³/mol. The van der Waals surface area contributed by atoms with Gasteiger partial charge in [-0.25, -0.2) is 4.79 Å². The van der Waals surface area contributed by atoms with E-state index in [0.29, 0.717) is 6.61 Å². The smallest absolute Gasteiger partial charge is 0.333 e. The Morgan fingerprint density at radius 2 is 2.00 bits per heavy atom. The molecule has 1 aromatic carbocycles. The zero-order chi connectivity index (χ0) is 17.5. The summed E-state index contributed by atoms with van der Waals surface area (Å²) in [6.07, 6.45) is 8.57. The van der Waals surface area contributed by atoms with Gasteiger partial charge in [0.15, 0.2) is 6.10 Å². The second-order valence-corrected chi connectivity index (χ2v) is 5.48. The van der Waals surface area contributed by atoms with Crippen molar-refractivity contribution in [2.45, 2.75) is 58.5 Å². The first kappa shape index (κ1) is 19.8. The molecule has 0 aliphatic rings. The third-order valence-corrected chi connectivity index (χ3v) is 3.44. The zero-order valence-corrected chi connectivity index (χ0v) is 14.8. The molecule has 1 atom stereocenters. The van der Waals surface area contributed by atoms with E-state index in [4.69, 9.17) is 9.47 Å². The van der Waals surface area contributed by atoms with Crippen LogP contribution in [-0.4, -0.2) is 18.7 Å². The maximum atomic E-state index is 11.3. The zero-order valence-electron chi connectivity index (χ0n) is 14.8. The Morgan fingerprint density at radius 1 is 1.21 bits per heavy atom. The summed E-state index contributed by atoms with van der Waals surface area (Å²) >= 11 is 0. The minimum Gasteiger partial charge on any atom is -0.485 e. The number of aryl methyl sites for hydroxylation is 1. The van der Waals surface area contributed by atoms with Crippen LogP contribution in [-0.2, 0) is 20.7 Å². The molecule has 0 aromatic heterocycles. The van der Waals surface area contributed by atoms with E-state index < -0.39 is 5.97 Å². The standard InChI is InChI=1S/C21H28O3/c1-3-5-6-7-11-14-20(24-18-17-21(22)23-4-2)16-15-19-12-9-8-10-13-19/h8-10,12-13,17-18,20H,3-7,15-16H2,1-2H3/b18-17+. The number of esters is 1. The van der Waals surface area contributed by atoms with Crippen LogP contribution in [0.4, 0.5) is 0 Å². The minimum absolute atomic E-state index is 0.211. The molecule has 24 heavy (non-hydrogen) atoms. The molecule has 0 fully saturated rings. The van der Waals surface area contributed by atoms with Crippen molar-refractivity contribution in [2.75, 3.05) is 6.61 Å². The first-order chi connectivity index (χ1) is 11.8. The molecule has 0 saturated carbocycles. The van der Waals surface area contributed by atoms with E-state index in [0.717, 1.165) is 25.7 Å². The van der Waals surface area contributed by atoms with E-state index in [-0.39, 0.29) is 6.10 Å². The summed E-state index contributed by atoms with van der Waals surface area (Å²) in [5, 5.41) is 0. The average Bonchev–Trinajstić information content (AvgIpc) is 2.60. The van der Waals surface area contributed by atoms with Gasteiger partial charge in [0, 0.05) is 6.42 Å². The van der Waals surface area contributed by atoms with Gasteiger partial charge in [-0.1, -0.05) is 61.9 Å². The van der Waals surface area contributed by atoms with Crippen LogP contribution in [0.25, 0.3) is 0 Å². The molecule has 0 spiro atoms. The summed E-state index contributed by atoms with van der Waals surface area (Å²) in [4.78, 5) is 11.3. The van der Waals surface area contributed by atoms with Gasteiger partial charge in [0.25, 0.3) is 0 Å². The fourth-order valence-electron chi connectivity index (χ4n) is 2.15. The van der Waals surface area contributed by atoms with Crippen LogP contribution in [0.3, 0.4) is 0 Å². The molecule has 0 bridgehead atoms. The van der Waals surface area contributed by atoms with Crippen LogP contribution in [0.5, 0.6) is 0 Å². The normalized spacial score (nSPS) is 11.6. The Hall–Kier alpha value is -2.21. The summed E-state index contributed by atoms with van der Waals surface area (Å²) < 4.78 is 10.5. The van der Waals surface area contributed by atoms with Gasteiger partial charge in [0.05, 0.1) is 18.9 Å². The number of benzene rings is 1. The second-order valence-electron chi connectivity index (χ2n) is 5.48. The third-order valence-electron chi connectivity index (χ3n) is 3.44. The van der Waals surface area contributed by atoms with Crippen LogP contribution < -0.4 is 0 Å². The number of carbonyl (C=O) groups excluding carboxylic acids is 1. The number of hydrogen-bond donors (Lipinski definition) is 0. The van der Waals surface area contributed by atoms with Crippen LogP contribution >= 0.6 is 0 Å². The topological polar surface area (TPSA) is 35.5 Å². The maximum Gasteiger partial charge on any atom is 0.333 e. The fraction of sp³-hybridized carbons (Fsp3) is 0.476. The highest BCUT2D eigenvalue weighted by molar-refractivity contribution is 5.81. The monoisotopic (exact) mass is 328 g/mol. The van der Waals surface area contributed by atoms with E-state index in [1.54, 1.807) is 6.92 Å². The minimum atomic E-state index is -0.393. The van der Waals surface area contributed by atoms with E-state index in [1.165, 1.54) is 30.7 Å². The highest BCUT2D eigenvalue weighted by Crippen LogP contribution is 2.08. The van der Waals surface area contributed by atoms with Crippen molar-refractivity contribution in [3.63, 3.8) is 0 Å². The number of hydrogen-bond acceptors (Lipinski definition) is 3. The molecule has 0 radical (unpaired) electrons. The lowest BCUT2D eigenvalue weighted by molar-refractivity contribution is -0.137. The lowest BCUT2D eigenvalue weighted by atomic mass is 10.1. The molecule has 3 heteroatoms. The van der Waals surface area contributed by atoms with E-state index in [9.17, 15) is 4.79 Å². The van der Waals surface area contributed by atoms with Crippen molar-refractivity contribution in [3.8, 4) is 11.8 Å². The van der Waals surface area contributed by atoms with E-state index in [2.05, 4.69) is 30.9 Å². The number of carbonyl (C=O) groups is 1. The van der Waals surface area contributed by atoms with Crippen LogP contribution in [0.1, 0.15) is 51.5 Å². The highest BCUT2D eigenvalue weighted by atomic mass is 16.5. The van der Waals surface area contributed by atoms with Gasteiger partial charge in [0.1, 0.15) is 0 Å². The predicted octanol–water partition coefficient (Wildman–Crippen LogP) is 4.66. The van der Waals surface area contributed by atoms with Crippen LogP contribution in [0.15, 0.2) is 42.7 Å². The van der Waals surface area contributed by atoms with Gasteiger partial charge in [-0.15, -0.1) is 0 Å². The first-order valence-corrected chi connectivity index (χ1v) is 8.77. The number of ether oxygens (including phenoxy) is 2. The molecule has 1 rings (SSSR count). The highest BCUT2D eigenvalue weighted by Gasteiger charge is 2.05. The summed E-state index contributed by atoms with van der Waals surface area (Å²) in [5.74, 6) is 5.98. The van der Waals surface area contributed by atoms with Crippen molar-refractivity contribution in [1.82, 2.24) is 0 Å². The number of unbranched alkanes of at least 4 members (excludes halogenated alkanes) is 3. The van der Waals surface area contributed by atoms with Crippen molar-refractivity contribution >= 4 is 5.97 Å². The Balaban J connectivity index is 2.52. The Kier molecular flexibility index (Phi) is 11.0. The molecule has 130 valence electrons. The largest absolute Gasteiger partial charge is 0.485 e. The molecule has 0 N–H and O–H groups in total. The lowest BCUT2D eigenvalue weighted by Crippen LogP contribution is -2.09. The Bertz CT molecular complexity index is 537. The molecule has 0 aliphatic heterocycles. The first-order valence-electron chi connectivity index (χ1n) is 8.77. The van der Waals surface area contributed by atoms with Gasteiger partial charge < -0.3 is 9.47 Å². The molecule has 0 saturated heterocycles. The van der Waals surface area contributed by atoms with Crippen molar-refractivity contribution in [3.05, 3.63) is 48.2 Å². The fourth-order valence-corrected chi connectivity index (χ4v) is 2.15. The van der Waals surface area contributed by atoms with Crippen molar-refractivity contribution < 1.29 is 14.3 Å². The number of rotatable bonds is 10. The van der Waals surface area contributed by atoms with Gasteiger partial charge in [-0.05, 0) is 31.7 Å². The molecular weight excluding hydrogens is 300 g/mol. The van der Waals surface area contributed by atoms with Crippen LogP contribution in [0, 0.1) is 11.8 Å². The molecule has 1 unspecified atom stereocenters. The lowest BCUT2D eigenvalue weighted by Gasteiger charge is -2.10. The van der Waals surface area contributed by atoms with Gasteiger partial charge in [-0.2, -0.15) is 0 Å². The van der Waals surface area contributed by atoms with Crippen LogP contribution in [0.2, 0.25) is 0 Å². The molecule has 3 nitrogen and oxygen atoms in total. The van der Waals surface area contributed by atoms with Gasteiger partial charge >= 0.3 is 5.97 Å². The summed E-state index contributed by atoms with van der Waals surface area (Å²) in [6.45, 7) is 4.31. The summed E-state index contributed by atoms with van der Waals surface area (Å²) in [5.41, 5.74) is 1.26. The van der Waals surface area contributed by atoms with E-state index in [1.807, 2.05) is 18.2 Å².